The second-order valence-electron chi connectivity index (χ2n) is 11.2. The Kier molecular flexibility index (Phi) is 6.13. The molecule has 2 aliphatic rings. The van der Waals surface area contributed by atoms with Crippen molar-refractivity contribution in [1.29, 1.82) is 0 Å². The minimum Gasteiger partial charge on any atom is -0.444 e. The van der Waals surface area contributed by atoms with Gasteiger partial charge in [-0.3, -0.25) is 4.98 Å². The second kappa shape index (κ2) is 9.38. The summed E-state index contributed by atoms with van der Waals surface area (Å²) in [7, 11) is 0. The van der Waals surface area contributed by atoms with E-state index in [0.29, 0.717) is 11.5 Å². The number of carbonyl (C=O) groups is 1. The van der Waals surface area contributed by atoms with E-state index in [1.807, 2.05) is 74.3 Å². The average Bonchev–Trinajstić information content (AvgIpc) is 3.44. The van der Waals surface area contributed by atoms with E-state index in [0.717, 1.165) is 58.2 Å². The van der Waals surface area contributed by atoms with Crippen LogP contribution in [0.15, 0.2) is 59.3 Å². The van der Waals surface area contributed by atoms with Gasteiger partial charge in [0.2, 0.25) is 0 Å². The quantitative estimate of drug-likeness (QED) is 0.302. The molecule has 2 saturated heterocycles. The molecule has 1 amide bonds. The molecule has 2 aliphatic heterocycles. The Hall–Kier alpha value is -3.46. The lowest BCUT2D eigenvalue weighted by atomic mass is 9.88. The van der Waals surface area contributed by atoms with E-state index < -0.39 is 5.60 Å². The van der Waals surface area contributed by atoms with Crippen molar-refractivity contribution < 1.29 is 9.53 Å². The number of nitrogens with two attached hydrogens (primary N) is 1. The van der Waals surface area contributed by atoms with Gasteiger partial charge < -0.3 is 15.4 Å². The Morgan fingerprint density at radius 1 is 1.03 bits per heavy atom. The van der Waals surface area contributed by atoms with Gasteiger partial charge in [-0.1, -0.05) is 36.4 Å². The largest absolute Gasteiger partial charge is 0.444 e. The van der Waals surface area contributed by atoms with E-state index in [1.54, 1.807) is 10.7 Å². The number of amides is 1. The van der Waals surface area contributed by atoms with Crippen molar-refractivity contribution in [2.45, 2.75) is 70.1 Å². The molecule has 2 unspecified atom stereocenters. The Labute approximate surface area is 230 Å². The molecule has 0 spiro atoms. The Bertz CT molecular complexity index is 1480. The maximum absolute atomic E-state index is 12.9. The van der Waals surface area contributed by atoms with E-state index in [4.69, 9.17) is 15.5 Å². The molecule has 3 aromatic heterocycles. The zero-order valence-electron chi connectivity index (χ0n) is 21.8. The summed E-state index contributed by atoms with van der Waals surface area (Å²) in [4.78, 5) is 24.7. The minimum atomic E-state index is -0.510. The Morgan fingerprint density at radius 2 is 1.74 bits per heavy atom. The van der Waals surface area contributed by atoms with Crippen LogP contribution in [0.25, 0.3) is 28.0 Å². The summed E-state index contributed by atoms with van der Waals surface area (Å²) in [6.07, 6.45) is 7.05. The van der Waals surface area contributed by atoms with Crippen LogP contribution in [0.5, 0.6) is 0 Å². The smallest absolute Gasteiger partial charge is 0.410 e. The summed E-state index contributed by atoms with van der Waals surface area (Å²) >= 11 is 3.72. The van der Waals surface area contributed by atoms with Crippen LogP contribution in [0.1, 0.15) is 58.1 Å². The van der Waals surface area contributed by atoms with Crippen molar-refractivity contribution in [2.75, 3.05) is 5.73 Å². The molecule has 0 aliphatic carbocycles. The molecule has 4 aromatic rings. The van der Waals surface area contributed by atoms with Crippen molar-refractivity contribution >= 4 is 33.5 Å². The Morgan fingerprint density at radius 3 is 2.37 bits per heavy atom. The second-order valence-corrected chi connectivity index (χ2v) is 12.0. The van der Waals surface area contributed by atoms with E-state index >= 15 is 0 Å². The van der Waals surface area contributed by atoms with Crippen molar-refractivity contribution in [1.82, 2.24) is 24.5 Å². The van der Waals surface area contributed by atoms with Gasteiger partial charge in [0.1, 0.15) is 11.4 Å². The van der Waals surface area contributed by atoms with Gasteiger partial charge in [0.05, 0.1) is 22.1 Å². The van der Waals surface area contributed by atoms with Gasteiger partial charge in [-0.2, -0.15) is 9.61 Å². The monoisotopic (exact) mass is 574 g/mol. The highest BCUT2D eigenvalue weighted by atomic mass is 79.9. The fourth-order valence-electron chi connectivity index (χ4n) is 5.83. The summed E-state index contributed by atoms with van der Waals surface area (Å²) in [5, 5.41) is 4.54. The molecule has 2 N–H and O–H groups in total. The summed E-state index contributed by atoms with van der Waals surface area (Å²) < 4.78 is 8.16. The fourth-order valence-corrected chi connectivity index (χ4v) is 6.41. The van der Waals surface area contributed by atoms with Crippen LogP contribution in [-0.4, -0.2) is 48.3 Å². The summed E-state index contributed by atoms with van der Waals surface area (Å²) in [5.41, 5.74) is 11.5. The lowest BCUT2D eigenvalue weighted by molar-refractivity contribution is 0.00568. The number of fused-ring (bicyclic) bond motifs is 3. The first-order valence-electron chi connectivity index (χ1n) is 13.1. The maximum Gasteiger partial charge on any atom is 0.410 e. The molecule has 5 heterocycles. The van der Waals surface area contributed by atoms with Crippen LogP contribution < -0.4 is 5.73 Å². The van der Waals surface area contributed by atoms with Crippen molar-refractivity contribution in [2.24, 2.45) is 0 Å². The zero-order chi connectivity index (χ0) is 26.6. The molecule has 2 atom stereocenters. The molecular formula is C29H31BrN6O2. The third kappa shape index (κ3) is 4.42. The van der Waals surface area contributed by atoms with Crippen LogP contribution in [0.2, 0.25) is 0 Å². The Balaban J connectivity index is 1.31. The van der Waals surface area contributed by atoms with Gasteiger partial charge in [-0.25, -0.2) is 9.78 Å². The molecule has 0 radical (unpaired) electrons. The molecular weight excluding hydrogens is 544 g/mol. The molecule has 1 aromatic carbocycles. The lowest BCUT2D eigenvalue weighted by Gasteiger charge is -2.39. The maximum atomic E-state index is 12.9. The number of halogens is 1. The number of hydrogen-bond donors (Lipinski definition) is 1. The highest BCUT2D eigenvalue weighted by molar-refractivity contribution is 9.10. The van der Waals surface area contributed by atoms with Crippen LogP contribution in [0.4, 0.5) is 10.6 Å². The summed E-state index contributed by atoms with van der Waals surface area (Å²) in [6, 6.07) is 14.4. The molecule has 9 heteroatoms. The SMILES string of the molecule is CC(C)(C)OC(=O)N1C2CCC1CC(c1nc3c(-c4ccc(-c5ccccc5)nc4)cnn3c(N)c1Br)C2. The van der Waals surface area contributed by atoms with E-state index in [9.17, 15) is 4.79 Å². The van der Waals surface area contributed by atoms with E-state index in [1.165, 1.54) is 0 Å². The molecule has 6 rings (SSSR count). The number of piperidine rings is 1. The summed E-state index contributed by atoms with van der Waals surface area (Å²) in [6.45, 7) is 5.73. The normalized spacial score (nSPS) is 21.2. The van der Waals surface area contributed by atoms with Crippen LogP contribution >= 0.6 is 15.9 Å². The number of aromatic nitrogens is 4. The van der Waals surface area contributed by atoms with Gasteiger partial charge in [0.25, 0.3) is 0 Å². The number of rotatable bonds is 3. The lowest BCUT2D eigenvalue weighted by Crippen LogP contribution is -2.48. The van der Waals surface area contributed by atoms with Crippen LogP contribution in [0.3, 0.4) is 0 Å². The predicted octanol–water partition coefficient (Wildman–Crippen LogP) is 6.45. The topological polar surface area (TPSA) is 98.6 Å². The van der Waals surface area contributed by atoms with Crippen LogP contribution in [-0.2, 0) is 4.74 Å². The highest BCUT2D eigenvalue weighted by Crippen LogP contribution is 2.46. The van der Waals surface area contributed by atoms with Crippen molar-refractivity contribution in [3.8, 4) is 22.4 Å². The number of anilines is 1. The third-order valence-corrected chi connectivity index (χ3v) is 8.33. The standard InChI is InChI=1S/C29H31BrN6O2/c1-29(2,3)38-28(37)35-20-10-11-21(35)14-19(13-20)25-24(30)26(31)36-27(34-25)22(16-33-36)18-9-12-23(32-15-18)17-7-5-4-6-8-17/h4-9,12,15-16,19-21H,10-11,13-14,31H2,1-3H3. The van der Waals surface area contributed by atoms with Gasteiger partial charge in [-0.15, -0.1) is 0 Å². The molecule has 196 valence electrons. The molecule has 0 saturated carbocycles. The van der Waals surface area contributed by atoms with Gasteiger partial charge in [-0.05, 0) is 68.5 Å². The number of ether oxygens (including phenoxy) is 1. The first-order valence-corrected chi connectivity index (χ1v) is 13.8. The number of hydrogen-bond acceptors (Lipinski definition) is 6. The van der Waals surface area contributed by atoms with E-state index in [2.05, 4.69) is 26.0 Å². The zero-order valence-corrected chi connectivity index (χ0v) is 23.4. The van der Waals surface area contributed by atoms with Gasteiger partial charge >= 0.3 is 6.09 Å². The van der Waals surface area contributed by atoms with Crippen molar-refractivity contribution in [3.05, 3.63) is 65.0 Å². The van der Waals surface area contributed by atoms with Gasteiger partial charge in [0.15, 0.2) is 5.65 Å². The molecule has 2 fully saturated rings. The number of carbonyl (C=O) groups excluding carboxylic acids is 1. The molecule has 38 heavy (non-hydrogen) atoms. The fraction of sp³-hybridized carbons (Fsp3) is 0.379. The first-order chi connectivity index (χ1) is 18.2. The number of benzene rings is 1. The average molecular weight is 576 g/mol. The molecule has 8 nitrogen and oxygen atoms in total. The third-order valence-electron chi connectivity index (χ3n) is 7.52. The highest BCUT2D eigenvalue weighted by Gasteiger charge is 2.46. The first kappa shape index (κ1) is 24.9. The molecule has 2 bridgehead atoms. The predicted molar refractivity (Wildman–Crippen MR) is 151 cm³/mol. The number of pyridine rings is 1. The number of nitrogens with zero attached hydrogens (tertiary/aromatic N) is 5. The minimum absolute atomic E-state index is 0.138. The number of nitrogen functional groups attached to an aromatic ring is 1. The van der Waals surface area contributed by atoms with Crippen LogP contribution in [0, 0.1) is 0 Å². The van der Waals surface area contributed by atoms with Gasteiger partial charge in [0, 0.05) is 40.9 Å². The van der Waals surface area contributed by atoms with Crippen molar-refractivity contribution in [3.63, 3.8) is 0 Å². The van der Waals surface area contributed by atoms with E-state index in [-0.39, 0.29) is 24.1 Å². The summed E-state index contributed by atoms with van der Waals surface area (Å²) in [5.74, 6) is 0.696.